The summed E-state index contributed by atoms with van der Waals surface area (Å²) in [5, 5.41) is 71.8. The Hall–Kier alpha value is -1.61. The van der Waals surface area contributed by atoms with E-state index in [4.69, 9.17) is 28.4 Å². The predicted octanol–water partition coefficient (Wildman–Crippen LogP) is 10.3. The van der Waals surface area contributed by atoms with E-state index in [0.717, 1.165) is 116 Å². The van der Waals surface area contributed by atoms with Gasteiger partial charge in [-0.1, -0.05) is 196 Å². The Kier molecular flexibility index (Phi) is 88.7. The fourth-order valence-corrected chi connectivity index (χ4v) is 18.6. The fraction of sp³-hybridized carbons (Fsp3) is 0.860. The maximum atomic E-state index is 13.6. The molecule has 0 aliphatic rings. The van der Waals surface area contributed by atoms with E-state index in [-0.39, 0.29) is 149 Å². The molecule has 0 aromatic heterocycles. The first kappa shape index (κ1) is 128. The standard InChI is InChI=1S/3C28H50O8S3.2CH3.2Sn/c3*1-3-5-7-9-12-22(26(33)35-16-18-37)28(20-39,21(25(31)32)14-11-15-24(29)30)23(13-10-8-6-4-2)27(34)36-17-19-38;;;;/h3*21-23,37-39H,3-20H2,1-2H3,(H,29,30)(H,31,32);2*1H3;;/q;;;;;2*+3/p-6. The molecule has 0 heterocycles. The van der Waals surface area contributed by atoms with Crippen LogP contribution in [0, 0.1) is 69.5 Å². The van der Waals surface area contributed by atoms with Crippen LogP contribution in [0.2, 0.25) is 9.88 Å². The SMILES string of the molecule is CCCCCCC(C(=O)OCCS)C(CS)(C(CCCC(=O)[O-])C(=O)[O-])C(CCCCCC)C(=O)OCCS.CCCCCCC(C(=O)OCCS)C(CS)(C(CCCC(=O)[O-])C(=O)[O-])C(CCCCCC)C(=O)OCCS.CCCCCCC(C(=O)OCCS)C(CS)(C(CCCC(=O)[O-])C(=O)[O-])C(CCCCCC)C(=O)OCCS.[CH3][Sn+3].[CH3][Sn+3]. The molecule has 0 bridgehead atoms. The molecule has 0 radical (unpaired) electrons. The van der Waals surface area contributed by atoms with E-state index in [0.29, 0.717) is 77.0 Å². The number of aliphatic carboxylic acids is 6. The summed E-state index contributed by atoms with van der Waals surface area (Å²) in [6, 6.07) is 0. The number of esters is 6. The average molecular weight is 2090 g/mol. The molecule has 9 unspecified atom stereocenters. The summed E-state index contributed by atoms with van der Waals surface area (Å²) in [5.74, 6) is -20.6. The van der Waals surface area contributed by atoms with Crippen LogP contribution in [0.4, 0.5) is 0 Å². The molecule has 0 aliphatic carbocycles. The molecule has 0 amide bonds. The van der Waals surface area contributed by atoms with E-state index in [1.807, 2.05) is 0 Å². The summed E-state index contributed by atoms with van der Waals surface area (Å²) in [7, 11) is 0. The van der Waals surface area contributed by atoms with Gasteiger partial charge in [0.15, 0.2) is 0 Å². The van der Waals surface area contributed by atoms with E-state index in [9.17, 15) is 88.2 Å². The Morgan fingerprint density at radius 3 is 0.479 bits per heavy atom. The number of ether oxygens (including phenoxy) is 6. The van der Waals surface area contributed by atoms with E-state index < -0.39 is 141 Å². The Morgan fingerprint density at radius 2 is 0.372 bits per heavy atom. The van der Waals surface area contributed by atoms with Crippen molar-refractivity contribution in [2.24, 2.45) is 69.5 Å². The van der Waals surface area contributed by atoms with Crippen LogP contribution in [0.25, 0.3) is 0 Å². The first-order valence-corrected chi connectivity index (χ1v) is 55.1. The van der Waals surface area contributed by atoms with Gasteiger partial charge in [-0.15, -0.1) is 0 Å². The van der Waals surface area contributed by atoms with Gasteiger partial charge in [0.2, 0.25) is 0 Å². The molecule has 35 heteroatoms. The van der Waals surface area contributed by atoms with Crippen LogP contribution in [-0.4, -0.2) is 208 Å². The van der Waals surface area contributed by atoms with Crippen LogP contribution in [-0.2, 0) is 86.0 Å². The molecule has 0 saturated heterocycles. The van der Waals surface area contributed by atoms with Gasteiger partial charge in [-0.2, -0.15) is 114 Å². The van der Waals surface area contributed by atoms with Crippen molar-refractivity contribution in [3.05, 3.63) is 0 Å². The van der Waals surface area contributed by atoms with Gasteiger partial charge in [0.05, 0.1) is 35.5 Å². The molecular formula is C86H150O24S9Sn2. The molecule has 0 saturated carbocycles. The average Bonchev–Trinajstić information content (AvgIpc) is 0.765. The summed E-state index contributed by atoms with van der Waals surface area (Å²) in [4.78, 5) is 158. The number of thiol groups is 9. The third-order valence-corrected chi connectivity index (χ3v) is 24.7. The van der Waals surface area contributed by atoms with Crippen LogP contribution >= 0.6 is 114 Å². The number of rotatable bonds is 75. The number of unbranched alkanes of at least 4 members (excludes halogenated alkanes) is 18. The van der Waals surface area contributed by atoms with Gasteiger partial charge in [-0.25, -0.2) is 0 Å². The Balaban J connectivity index is -0.000000544. The van der Waals surface area contributed by atoms with Crippen LogP contribution in [0.15, 0.2) is 0 Å². The van der Waals surface area contributed by atoms with Gasteiger partial charge in [-0.05, 0) is 114 Å². The third kappa shape index (κ3) is 52.1. The zero-order chi connectivity index (χ0) is 93.1. The van der Waals surface area contributed by atoms with E-state index in [2.05, 4.69) is 165 Å². The van der Waals surface area contributed by atoms with Crippen molar-refractivity contribution >= 4 is 230 Å². The number of carbonyl (C=O) groups excluding carboxylic acids is 12. The summed E-state index contributed by atoms with van der Waals surface area (Å²) in [6.45, 7) is 12.5. The van der Waals surface area contributed by atoms with Crippen molar-refractivity contribution in [2.75, 3.05) is 91.4 Å². The molecule has 0 fully saturated rings. The minimum absolute atomic E-state index is 0.0149. The van der Waals surface area contributed by atoms with Gasteiger partial charge in [-0.3, -0.25) is 28.8 Å². The van der Waals surface area contributed by atoms with Gasteiger partial charge in [0, 0.05) is 104 Å². The number of hydrogen-bond donors (Lipinski definition) is 9. The zero-order valence-corrected chi connectivity index (χ0v) is 87.5. The molecule has 700 valence electrons. The first-order valence-electron chi connectivity index (χ1n) is 43.7. The first-order chi connectivity index (χ1) is 58.0. The van der Waals surface area contributed by atoms with Gasteiger partial charge >= 0.3 is 90.7 Å². The monoisotopic (exact) mass is 2090 g/mol. The topological polar surface area (TPSA) is 399 Å². The molecule has 0 spiro atoms. The zero-order valence-electron chi connectivity index (χ0n) is 73.7. The van der Waals surface area contributed by atoms with Crippen molar-refractivity contribution < 1.29 is 117 Å². The second-order valence-corrected chi connectivity index (χ2v) is 33.6. The van der Waals surface area contributed by atoms with E-state index in [1.165, 1.54) is 0 Å². The molecule has 9 atom stereocenters. The summed E-state index contributed by atoms with van der Waals surface area (Å²) < 4.78 is 33.1. The summed E-state index contributed by atoms with van der Waals surface area (Å²) >= 11 is 41.7. The van der Waals surface area contributed by atoms with Crippen LogP contribution < -0.4 is 30.6 Å². The van der Waals surface area contributed by atoms with Crippen LogP contribution in [0.5, 0.6) is 0 Å². The fourth-order valence-electron chi connectivity index (χ4n) is 16.1. The Morgan fingerprint density at radius 1 is 0.231 bits per heavy atom. The van der Waals surface area contributed by atoms with Crippen molar-refractivity contribution in [3.8, 4) is 0 Å². The number of carbonyl (C=O) groups is 12. The molecule has 0 aliphatic heterocycles. The van der Waals surface area contributed by atoms with Gasteiger partial charge in [0.25, 0.3) is 0 Å². The van der Waals surface area contributed by atoms with Crippen molar-refractivity contribution in [1.82, 2.24) is 0 Å². The van der Waals surface area contributed by atoms with Gasteiger partial charge in [0.1, 0.15) is 39.6 Å². The van der Waals surface area contributed by atoms with E-state index >= 15 is 0 Å². The minimum atomic E-state index is -1.52. The number of hydrogen-bond acceptors (Lipinski definition) is 33. The normalized spacial score (nSPS) is 14.7. The molecule has 0 aromatic rings. The second-order valence-electron chi connectivity index (χ2n) is 30.0. The van der Waals surface area contributed by atoms with E-state index in [1.54, 1.807) is 45.0 Å². The van der Waals surface area contributed by atoms with Crippen molar-refractivity contribution in [3.63, 3.8) is 0 Å². The maximum absolute atomic E-state index is 13.6. The molecule has 24 nitrogen and oxygen atoms in total. The molecule has 121 heavy (non-hydrogen) atoms. The Labute approximate surface area is 802 Å². The molecule has 0 N–H and O–H groups in total. The number of carboxylic acid groups (broad SMARTS) is 6. The van der Waals surface area contributed by atoms with Crippen LogP contribution in [0.3, 0.4) is 0 Å². The predicted molar refractivity (Wildman–Crippen MR) is 497 cm³/mol. The summed E-state index contributed by atoms with van der Waals surface area (Å²) in [6.07, 6.45) is 20.4. The third-order valence-electron chi connectivity index (χ3n) is 21.9. The molecule has 0 rings (SSSR count). The number of carboxylic acids is 6. The van der Waals surface area contributed by atoms with Crippen LogP contribution in [0.1, 0.15) is 292 Å². The van der Waals surface area contributed by atoms with Gasteiger partial charge < -0.3 is 87.8 Å². The Bertz CT molecular complexity index is 2340. The quantitative estimate of drug-likeness (QED) is 0.00898. The summed E-state index contributed by atoms with van der Waals surface area (Å²) in [5.41, 5.74) is -4.56. The van der Waals surface area contributed by atoms with Crippen molar-refractivity contribution in [2.45, 2.75) is 302 Å². The second kappa shape index (κ2) is 84.0. The van der Waals surface area contributed by atoms with Crippen molar-refractivity contribution in [1.29, 1.82) is 0 Å². The molecule has 0 aromatic carbocycles. The molecular weight excluding hydrogens is 1940 g/mol.